The van der Waals surface area contributed by atoms with E-state index < -0.39 is 85.8 Å². The van der Waals surface area contributed by atoms with Crippen LogP contribution in [0, 0.1) is 0 Å². The summed E-state index contributed by atoms with van der Waals surface area (Å²) in [6.45, 7) is 4.29. The molecule has 0 amide bonds. The van der Waals surface area contributed by atoms with Gasteiger partial charge < -0.3 is 47.4 Å². The van der Waals surface area contributed by atoms with Crippen molar-refractivity contribution < 1.29 is 52.2 Å². The number of halogens is 1. The van der Waals surface area contributed by atoms with Gasteiger partial charge in [0.2, 0.25) is 0 Å². The Kier molecular flexibility index (Phi) is 12.7. The van der Waals surface area contributed by atoms with E-state index in [9.17, 15) is 10.3 Å². The Balaban J connectivity index is 1.23. The van der Waals surface area contributed by atoms with Crippen molar-refractivity contribution >= 4 is 17.6 Å². The molecule has 3 aromatic carbocycles. The maximum Gasteiger partial charge on any atom is 0.321 e. The van der Waals surface area contributed by atoms with E-state index in [4.69, 9.17) is 59.0 Å². The van der Waals surface area contributed by atoms with Crippen LogP contribution in [0.1, 0.15) is 29.3 Å². The van der Waals surface area contributed by atoms with Gasteiger partial charge in [-0.05, 0) is 11.1 Å². The summed E-state index contributed by atoms with van der Waals surface area (Å²) in [5.41, 5.74) is 12.3. The average Bonchev–Trinajstić information content (AvgIpc) is 3.21. The number of fused-ring (bicyclic) bond motifs is 2. The van der Waals surface area contributed by atoms with Crippen molar-refractivity contribution in [3.8, 4) is 0 Å². The Morgan fingerprint density at radius 1 is 0.792 bits per heavy atom. The van der Waals surface area contributed by atoms with Crippen molar-refractivity contribution in [1.29, 1.82) is 0 Å². The summed E-state index contributed by atoms with van der Waals surface area (Å²) in [5.74, 6) is -1.19. The smallest absolute Gasteiger partial charge is 0.321 e. The van der Waals surface area contributed by atoms with E-state index in [0.29, 0.717) is 0 Å². The van der Waals surface area contributed by atoms with Gasteiger partial charge >= 0.3 is 5.97 Å². The lowest BCUT2D eigenvalue weighted by molar-refractivity contribution is -0.398. The number of hydrogen-bond acceptors (Lipinski definition) is 12. The number of rotatable bonds is 13. The van der Waals surface area contributed by atoms with Crippen molar-refractivity contribution in [2.24, 2.45) is 5.11 Å². The van der Waals surface area contributed by atoms with Crippen molar-refractivity contribution in [2.75, 3.05) is 25.7 Å². The van der Waals surface area contributed by atoms with Gasteiger partial charge in [0.1, 0.15) is 54.6 Å². The number of carbonyl (C=O) groups excluding carboxylic acids is 1. The summed E-state index contributed by atoms with van der Waals surface area (Å²) in [6, 6.07) is 27.1. The molecular weight excluding hydrogens is 710 g/mol. The molecule has 12 atom stereocenters. The van der Waals surface area contributed by atoms with Crippen LogP contribution in [0.2, 0.25) is 0 Å². The molecule has 0 N–H and O–H groups in total. The second-order valence-corrected chi connectivity index (χ2v) is 13.0. The molecule has 4 aliphatic heterocycles. The maximum atomic E-state index is 12.8. The molecule has 14 nitrogen and oxygen atoms in total. The highest BCUT2D eigenvalue weighted by atomic mass is 35.5. The summed E-state index contributed by atoms with van der Waals surface area (Å²) in [7, 11) is 0. The zero-order valence-electron chi connectivity index (χ0n) is 28.6. The average molecular weight is 750 g/mol. The number of hydrogen-bond donors (Lipinski definition) is 0. The van der Waals surface area contributed by atoms with Gasteiger partial charge in [-0.2, -0.15) is 0 Å². The van der Waals surface area contributed by atoms with Crippen LogP contribution in [0.25, 0.3) is 10.4 Å². The first-order valence-corrected chi connectivity index (χ1v) is 17.9. The lowest BCUT2D eigenvalue weighted by atomic mass is 9.94. The molecule has 0 bridgehead atoms. The second-order valence-electron chi connectivity index (χ2n) is 12.7. The van der Waals surface area contributed by atoms with Gasteiger partial charge in [-0.15, -0.1) is 18.2 Å². The molecule has 0 radical (unpaired) electrons. The van der Waals surface area contributed by atoms with Crippen LogP contribution in [-0.2, 0) is 58.8 Å². The first-order valence-electron chi connectivity index (χ1n) is 17.3. The summed E-state index contributed by atoms with van der Waals surface area (Å²) in [5, 5.41) is 4.05. The van der Waals surface area contributed by atoms with Crippen LogP contribution in [0.15, 0.2) is 109 Å². The van der Waals surface area contributed by atoms with Crippen molar-refractivity contribution in [3.05, 3.63) is 131 Å². The summed E-state index contributed by atoms with van der Waals surface area (Å²) in [4.78, 5) is 15.9. The van der Waals surface area contributed by atoms with E-state index in [0.717, 1.165) is 16.7 Å². The normalized spacial score (nSPS) is 33.8. The Morgan fingerprint density at radius 3 is 1.92 bits per heavy atom. The molecule has 0 aromatic heterocycles. The largest absolute Gasteiger partial charge is 0.458 e. The third-order valence-corrected chi connectivity index (χ3v) is 9.47. The molecule has 15 heteroatoms. The standard InChI is InChI=1S/C38H40ClN3O11/c1-2-18-44-38-34(45-20-23-12-6-3-7-13-23)33(31-27(49-38)22-47-36(52-31)25-16-10-5-11-17-25)53-37-29(41-42-40)32(50-28(43)19-39)30-26(48-37)21-46-35(51-30)24-14-8-4-9-15-24/h2-17,26-27,29-38H,1,18-22H2/t26-,27-,29-,30+,31+,32-,33+,34-,35?,36+,37+,38-/m1/s1. The fourth-order valence-electron chi connectivity index (χ4n) is 6.83. The van der Waals surface area contributed by atoms with Crippen molar-refractivity contribution in [3.63, 3.8) is 0 Å². The van der Waals surface area contributed by atoms with Crippen LogP contribution >= 0.6 is 11.6 Å². The first kappa shape index (κ1) is 37.4. The van der Waals surface area contributed by atoms with E-state index in [1.807, 2.05) is 91.0 Å². The van der Waals surface area contributed by atoms with Gasteiger partial charge in [0.15, 0.2) is 25.2 Å². The minimum absolute atomic E-state index is 0.0429. The maximum absolute atomic E-state index is 12.8. The van der Waals surface area contributed by atoms with Crippen LogP contribution < -0.4 is 0 Å². The summed E-state index contributed by atoms with van der Waals surface area (Å²) >= 11 is 5.90. The molecule has 4 aliphatic rings. The Labute approximate surface area is 311 Å². The van der Waals surface area contributed by atoms with Crippen LogP contribution in [0.4, 0.5) is 0 Å². The van der Waals surface area contributed by atoms with Gasteiger partial charge in [0, 0.05) is 16.0 Å². The van der Waals surface area contributed by atoms with E-state index in [1.54, 1.807) is 6.08 Å². The van der Waals surface area contributed by atoms with Gasteiger partial charge in [-0.25, -0.2) is 0 Å². The SMILES string of the molecule is C=CCO[C@@H]1O[C@@H]2CO[C@H](c3ccccc3)O[C@@H]2[C@H](O[C@@H]2O[C@@H]3COC(c4ccccc4)O[C@@H]3[C@H](OC(=O)CCl)[C@H]2N=[N+]=[N-])[C@H]1OCc1ccccc1. The van der Waals surface area contributed by atoms with Gasteiger partial charge in [-0.3, -0.25) is 4.79 Å². The van der Waals surface area contributed by atoms with E-state index >= 15 is 0 Å². The van der Waals surface area contributed by atoms with E-state index in [2.05, 4.69) is 16.6 Å². The molecule has 280 valence electrons. The molecule has 4 saturated heterocycles. The highest BCUT2D eigenvalue weighted by molar-refractivity contribution is 6.26. The number of carbonyl (C=O) groups is 1. The van der Waals surface area contributed by atoms with Crippen LogP contribution in [-0.4, -0.2) is 93.0 Å². The monoisotopic (exact) mass is 749 g/mol. The molecule has 3 aromatic rings. The number of ether oxygens (including phenoxy) is 10. The molecule has 0 saturated carbocycles. The van der Waals surface area contributed by atoms with E-state index in [1.165, 1.54) is 0 Å². The van der Waals surface area contributed by atoms with Crippen LogP contribution in [0.3, 0.4) is 0 Å². The molecule has 7 rings (SSSR count). The van der Waals surface area contributed by atoms with E-state index in [-0.39, 0.29) is 26.4 Å². The van der Waals surface area contributed by atoms with Gasteiger partial charge in [0.25, 0.3) is 0 Å². The lowest BCUT2D eigenvalue weighted by Gasteiger charge is -2.52. The molecular formula is C38H40ClN3O11. The molecule has 4 fully saturated rings. The third kappa shape index (κ3) is 8.75. The fourth-order valence-corrected chi connectivity index (χ4v) is 6.89. The van der Waals surface area contributed by atoms with Crippen molar-refractivity contribution in [1.82, 2.24) is 0 Å². The predicted molar refractivity (Wildman–Crippen MR) is 187 cm³/mol. The number of nitrogens with zero attached hydrogens (tertiary/aromatic N) is 3. The number of esters is 1. The number of alkyl halides is 1. The van der Waals surface area contributed by atoms with Crippen LogP contribution in [0.5, 0.6) is 0 Å². The molecule has 53 heavy (non-hydrogen) atoms. The Bertz CT molecular complexity index is 1690. The molecule has 4 heterocycles. The fraction of sp³-hybridized carbons (Fsp3) is 0.447. The topological polar surface area (TPSA) is 158 Å². The summed E-state index contributed by atoms with van der Waals surface area (Å²) in [6.07, 6.45) is -8.46. The highest BCUT2D eigenvalue weighted by Crippen LogP contribution is 2.41. The number of azide groups is 1. The molecule has 1 unspecified atom stereocenters. The van der Waals surface area contributed by atoms with Crippen molar-refractivity contribution in [2.45, 2.75) is 80.5 Å². The van der Waals surface area contributed by atoms with Gasteiger partial charge in [-0.1, -0.05) is 102 Å². The minimum Gasteiger partial charge on any atom is -0.458 e. The highest BCUT2D eigenvalue weighted by Gasteiger charge is 2.57. The molecule has 0 aliphatic carbocycles. The zero-order chi connectivity index (χ0) is 36.6. The molecule has 0 spiro atoms. The quantitative estimate of drug-likeness (QED) is 0.0530. The Morgan fingerprint density at radius 2 is 1.36 bits per heavy atom. The lowest BCUT2D eigenvalue weighted by Crippen LogP contribution is -2.67. The summed E-state index contributed by atoms with van der Waals surface area (Å²) < 4.78 is 63.4. The zero-order valence-corrected chi connectivity index (χ0v) is 29.4. The number of benzene rings is 3. The Hall–Kier alpha value is -3.89. The third-order valence-electron chi connectivity index (χ3n) is 9.25. The first-order chi connectivity index (χ1) is 26.1. The van der Waals surface area contributed by atoms with Gasteiger partial charge in [0.05, 0.1) is 26.4 Å². The predicted octanol–water partition coefficient (Wildman–Crippen LogP) is 5.67. The minimum atomic E-state index is -1.31. The second kappa shape index (κ2) is 18.0.